The monoisotopic (exact) mass is 1110 g/mol. The quantitative estimate of drug-likeness (QED) is 0.0261. The third kappa shape index (κ3) is 65.5. The van der Waals surface area contributed by atoms with Crippen molar-refractivity contribution in [3.8, 4) is 0 Å². The Hall–Kier alpha value is -5.23. The molecule has 454 valence electrons. The van der Waals surface area contributed by atoms with Crippen LogP contribution in [0.4, 0.5) is 0 Å². The van der Waals surface area contributed by atoms with Crippen LogP contribution in [-0.4, -0.2) is 37.2 Å². The maximum atomic E-state index is 12.9. The van der Waals surface area contributed by atoms with E-state index in [4.69, 9.17) is 14.2 Å². The smallest absolute Gasteiger partial charge is 0.306 e. The van der Waals surface area contributed by atoms with E-state index >= 15 is 0 Å². The third-order valence-corrected chi connectivity index (χ3v) is 13.2. The van der Waals surface area contributed by atoms with Crippen LogP contribution in [0.1, 0.15) is 265 Å². The fraction of sp³-hybridized carbons (Fsp3) is 0.587. The van der Waals surface area contributed by atoms with Crippen molar-refractivity contribution in [3.05, 3.63) is 170 Å². The van der Waals surface area contributed by atoms with Crippen molar-refractivity contribution in [1.29, 1.82) is 0 Å². The molecule has 0 spiro atoms. The number of hydrogen-bond donors (Lipinski definition) is 0. The molecule has 6 heteroatoms. The molecular formula is C75H118O6. The molecule has 0 aliphatic heterocycles. The van der Waals surface area contributed by atoms with Gasteiger partial charge in [-0.15, -0.1) is 0 Å². The molecule has 0 saturated carbocycles. The predicted octanol–water partition coefficient (Wildman–Crippen LogP) is 22.7. The number of unbranched alkanes of at least 4 members (excludes halogenated alkanes) is 18. The number of carbonyl (C=O) groups is 3. The summed E-state index contributed by atoms with van der Waals surface area (Å²) in [5.41, 5.74) is 0. The van der Waals surface area contributed by atoms with Gasteiger partial charge in [-0.05, 0) is 141 Å². The molecule has 0 fully saturated rings. The van der Waals surface area contributed by atoms with E-state index in [1.165, 1.54) is 77.0 Å². The van der Waals surface area contributed by atoms with Gasteiger partial charge in [-0.1, -0.05) is 274 Å². The summed E-state index contributed by atoms with van der Waals surface area (Å²) in [6, 6.07) is 0. The first-order valence-electron chi connectivity index (χ1n) is 32.6. The highest BCUT2D eigenvalue weighted by atomic mass is 16.6. The highest BCUT2D eigenvalue weighted by molar-refractivity contribution is 5.71. The SMILES string of the molecule is CC/C=C\C/C=C\C/C=C\C/C=C\C/C=C\C/C=C\C/C=C\CCCCCCCC(=O)OCC(COC(=O)CCCCCCCCC/C=C\CCCCCCCC)OC(=O)CC/C=C\C/C=C\C/C=C\C/C=C\C/C=C\C/C=C\CC. The molecule has 0 radical (unpaired) electrons. The van der Waals surface area contributed by atoms with Crippen molar-refractivity contribution in [2.45, 2.75) is 271 Å². The van der Waals surface area contributed by atoms with E-state index in [1.54, 1.807) is 0 Å². The lowest BCUT2D eigenvalue weighted by Gasteiger charge is -2.18. The zero-order valence-electron chi connectivity index (χ0n) is 52.0. The van der Waals surface area contributed by atoms with Crippen LogP contribution in [-0.2, 0) is 28.6 Å². The number of rotatable bonds is 57. The minimum atomic E-state index is -0.839. The minimum Gasteiger partial charge on any atom is -0.462 e. The second-order valence-corrected chi connectivity index (χ2v) is 20.9. The molecule has 0 aliphatic rings. The van der Waals surface area contributed by atoms with Gasteiger partial charge in [0.1, 0.15) is 13.2 Å². The molecule has 1 atom stereocenters. The first kappa shape index (κ1) is 75.8. The molecule has 0 aliphatic carbocycles. The van der Waals surface area contributed by atoms with Gasteiger partial charge >= 0.3 is 17.9 Å². The summed E-state index contributed by atoms with van der Waals surface area (Å²) in [7, 11) is 0. The Labute approximate surface area is 498 Å². The van der Waals surface area contributed by atoms with E-state index in [2.05, 4.69) is 179 Å². The van der Waals surface area contributed by atoms with Crippen LogP contribution < -0.4 is 0 Å². The van der Waals surface area contributed by atoms with Crippen LogP contribution in [0, 0.1) is 0 Å². The zero-order valence-corrected chi connectivity index (χ0v) is 52.0. The minimum absolute atomic E-state index is 0.124. The summed E-state index contributed by atoms with van der Waals surface area (Å²) in [5, 5.41) is 0. The Balaban J connectivity index is 4.54. The lowest BCUT2D eigenvalue weighted by Crippen LogP contribution is -2.30. The molecule has 0 aromatic carbocycles. The first-order chi connectivity index (χ1) is 40.0. The van der Waals surface area contributed by atoms with Gasteiger partial charge in [-0.2, -0.15) is 0 Å². The van der Waals surface area contributed by atoms with Gasteiger partial charge in [0.25, 0.3) is 0 Å². The number of carbonyl (C=O) groups excluding carboxylic acids is 3. The lowest BCUT2D eigenvalue weighted by atomic mass is 10.1. The van der Waals surface area contributed by atoms with Gasteiger partial charge in [-0.25, -0.2) is 0 Å². The molecular weight excluding hydrogens is 997 g/mol. The average molecular weight is 1120 g/mol. The molecule has 0 heterocycles. The first-order valence-corrected chi connectivity index (χ1v) is 32.6. The van der Waals surface area contributed by atoms with Crippen LogP contribution in [0.25, 0.3) is 0 Å². The average Bonchev–Trinajstić information content (AvgIpc) is 3.47. The number of hydrogen-bond acceptors (Lipinski definition) is 6. The Morgan fingerprint density at radius 1 is 0.259 bits per heavy atom. The zero-order chi connectivity index (χ0) is 58.5. The molecule has 0 saturated heterocycles. The topological polar surface area (TPSA) is 78.9 Å². The largest absolute Gasteiger partial charge is 0.462 e. The maximum Gasteiger partial charge on any atom is 0.306 e. The van der Waals surface area contributed by atoms with Crippen molar-refractivity contribution < 1.29 is 28.6 Å². The van der Waals surface area contributed by atoms with Gasteiger partial charge in [0.2, 0.25) is 0 Å². The second-order valence-electron chi connectivity index (χ2n) is 20.9. The highest BCUT2D eigenvalue weighted by Gasteiger charge is 2.19. The molecule has 0 rings (SSSR count). The molecule has 0 N–H and O–H groups in total. The highest BCUT2D eigenvalue weighted by Crippen LogP contribution is 2.14. The van der Waals surface area contributed by atoms with Gasteiger partial charge in [0.15, 0.2) is 6.10 Å². The molecule has 0 aromatic heterocycles. The molecule has 6 nitrogen and oxygen atoms in total. The van der Waals surface area contributed by atoms with Crippen LogP contribution in [0.3, 0.4) is 0 Å². The van der Waals surface area contributed by atoms with Crippen LogP contribution >= 0.6 is 0 Å². The number of esters is 3. The normalized spacial score (nSPS) is 13.3. The summed E-state index contributed by atoms with van der Waals surface area (Å²) in [4.78, 5) is 38.3. The van der Waals surface area contributed by atoms with E-state index in [9.17, 15) is 14.4 Å². The van der Waals surface area contributed by atoms with Crippen LogP contribution in [0.5, 0.6) is 0 Å². The standard InChI is InChI=1S/C75H118O6/c1-4-7-10-13-16-19-22-25-28-31-33-34-35-36-37-38-39-40-42-44-47-50-53-56-59-62-65-68-74(77)80-71-72(70-79-73(76)67-64-61-58-55-52-49-46-43-30-27-24-21-18-15-12-9-6-3)81-75(78)69-66-63-60-57-54-51-48-45-41-32-29-26-23-20-17-14-11-8-5-2/h7-8,10-11,16-17,19-20,25-30,33-34,36-37,39-41,44-45,47,51,54,60,63,72H,4-6,9,12-15,18,21-24,31-32,35,38,42-43,46,48-50,52-53,55-59,61-62,64-71H2,1-3H3/b10-7-,11-8-,19-16-,20-17-,28-25-,29-26-,30-27-,34-33-,37-36-,40-39-,45-41-,47-44-,54-51-,63-60-. The predicted molar refractivity (Wildman–Crippen MR) is 352 cm³/mol. The Kier molecular flexibility index (Phi) is 62.9. The Bertz CT molecular complexity index is 1860. The van der Waals surface area contributed by atoms with Crippen molar-refractivity contribution >= 4 is 17.9 Å². The van der Waals surface area contributed by atoms with Crippen LogP contribution in [0.15, 0.2) is 170 Å². The van der Waals surface area contributed by atoms with Gasteiger partial charge < -0.3 is 14.2 Å². The van der Waals surface area contributed by atoms with Gasteiger partial charge in [0, 0.05) is 19.3 Å². The second kappa shape index (κ2) is 67.3. The van der Waals surface area contributed by atoms with Crippen molar-refractivity contribution in [2.75, 3.05) is 13.2 Å². The maximum absolute atomic E-state index is 12.9. The molecule has 0 aromatic rings. The summed E-state index contributed by atoms with van der Waals surface area (Å²) < 4.78 is 16.8. The van der Waals surface area contributed by atoms with Gasteiger partial charge in [0.05, 0.1) is 0 Å². The van der Waals surface area contributed by atoms with Crippen LogP contribution in [0.2, 0.25) is 0 Å². The summed E-state index contributed by atoms with van der Waals surface area (Å²) in [5.74, 6) is -1.04. The molecule has 0 amide bonds. The van der Waals surface area contributed by atoms with Crippen molar-refractivity contribution in [2.24, 2.45) is 0 Å². The molecule has 0 bridgehead atoms. The summed E-state index contributed by atoms with van der Waals surface area (Å²) >= 11 is 0. The van der Waals surface area contributed by atoms with E-state index < -0.39 is 12.1 Å². The Morgan fingerprint density at radius 2 is 0.506 bits per heavy atom. The fourth-order valence-corrected chi connectivity index (χ4v) is 8.38. The van der Waals surface area contributed by atoms with E-state index in [0.717, 1.165) is 141 Å². The Morgan fingerprint density at radius 3 is 0.815 bits per heavy atom. The van der Waals surface area contributed by atoms with E-state index in [-0.39, 0.29) is 31.6 Å². The summed E-state index contributed by atoms with van der Waals surface area (Å²) in [6.45, 7) is 6.32. The number of ether oxygens (including phenoxy) is 3. The summed E-state index contributed by atoms with van der Waals surface area (Å²) in [6.07, 6.45) is 99.4. The lowest BCUT2D eigenvalue weighted by molar-refractivity contribution is -0.166. The van der Waals surface area contributed by atoms with E-state index in [1.807, 2.05) is 12.2 Å². The fourth-order valence-electron chi connectivity index (χ4n) is 8.38. The number of allylic oxidation sites excluding steroid dienone is 28. The van der Waals surface area contributed by atoms with Gasteiger partial charge in [-0.3, -0.25) is 14.4 Å². The molecule has 1 unspecified atom stereocenters. The third-order valence-electron chi connectivity index (χ3n) is 13.2. The van der Waals surface area contributed by atoms with Crippen molar-refractivity contribution in [3.63, 3.8) is 0 Å². The van der Waals surface area contributed by atoms with E-state index in [0.29, 0.717) is 19.3 Å². The molecule has 81 heavy (non-hydrogen) atoms. The van der Waals surface area contributed by atoms with Crippen molar-refractivity contribution in [1.82, 2.24) is 0 Å².